The molecule has 0 saturated heterocycles. The van der Waals surface area contributed by atoms with Gasteiger partial charge in [0.2, 0.25) is 0 Å². The van der Waals surface area contributed by atoms with Crippen molar-refractivity contribution < 1.29 is 5.11 Å². The zero-order chi connectivity index (χ0) is 8.43. The van der Waals surface area contributed by atoms with E-state index in [1.54, 1.807) is 0 Å². The Balaban J connectivity index is 3.29. The molecule has 1 rings (SSSR count). The first kappa shape index (κ1) is 8.28. The Kier molecular flexibility index (Phi) is 2.30. The molecule has 11 heavy (non-hydrogen) atoms. The Morgan fingerprint density at radius 3 is 2.09 bits per heavy atom. The third kappa shape index (κ3) is 1.43. The predicted molar refractivity (Wildman–Crippen MR) is 45.0 cm³/mol. The molecule has 0 unspecified atom stereocenters. The summed E-state index contributed by atoms with van der Waals surface area (Å²) in [5.41, 5.74) is 4.44. The Labute approximate surface area is 67.7 Å². The SMILES string of the molecule is Cc1ccc(C)c(C[O])c1C. The smallest absolute Gasteiger partial charge is 0.108 e. The van der Waals surface area contributed by atoms with Gasteiger partial charge in [-0.2, -0.15) is 0 Å². The van der Waals surface area contributed by atoms with E-state index in [9.17, 15) is 5.11 Å². The van der Waals surface area contributed by atoms with Gasteiger partial charge in [0.1, 0.15) is 6.61 Å². The fourth-order valence-corrected chi connectivity index (χ4v) is 1.23. The Morgan fingerprint density at radius 1 is 1.09 bits per heavy atom. The minimum absolute atomic E-state index is 0.0979. The monoisotopic (exact) mass is 149 g/mol. The van der Waals surface area contributed by atoms with Gasteiger partial charge in [-0.1, -0.05) is 12.1 Å². The summed E-state index contributed by atoms with van der Waals surface area (Å²) in [4.78, 5) is 0. The lowest BCUT2D eigenvalue weighted by molar-refractivity contribution is 0.176. The second kappa shape index (κ2) is 3.05. The molecule has 0 fully saturated rings. The number of rotatable bonds is 1. The lowest BCUT2D eigenvalue weighted by Gasteiger charge is -2.07. The largest absolute Gasteiger partial charge is 0.232 e. The normalized spacial score (nSPS) is 10.2. The fourth-order valence-electron chi connectivity index (χ4n) is 1.23. The third-order valence-corrected chi connectivity index (χ3v) is 2.25. The molecule has 0 atom stereocenters. The van der Waals surface area contributed by atoms with Crippen molar-refractivity contribution in [1.82, 2.24) is 0 Å². The Bertz CT molecular complexity index is 264. The first-order chi connectivity index (χ1) is 5.16. The lowest BCUT2D eigenvalue weighted by Crippen LogP contribution is -1.94. The molecule has 0 bridgehead atoms. The molecule has 0 spiro atoms. The topological polar surface area (TPSA) is 19.9 Å². The molecule has 1 radical (unpaired) electrons. The maximum atomic E-state index is 10.7. The van der Waals surface area contributed by atoms with Gasteiger partial charge in [-0.25, -0.2) is 5.11 Å². The van der Waals surface area contributed by atoms with E-state index >= 15 is 0 Å². The van der Waals surface area contributed by atoms with Gasteiger partial charge in [-0.15, -0.1) is 0 Å². The molecule has 0 N–H and O–H groups in total. The highest BCUT2D eigenvalue weighted by Gasteiger charge is 2.02. The summed E-state index contributed by atoms with van der Waals surface area (Å²) in [6, 6.07) is 4.07. The van der Waals surface area contributed by atoms with Crippen molar-refractivity contribution in [3.63, 3.8) is 0 Å². The summed E-state index contributed by atoms with van der Waals surface area (Å²) >= 11 is 0. The van der Waals surface area contributed by atoms with Crippen LogP contribution in [0.5, 0.6) is 0 Å². The van der Waals surface area contributed by atoms with Gasteiger partial charge in [0.15, 0.2) is 0 Å². The highest BCUT2D eigenvalue weighted by atomic mass is 16.3. The Morgan fingerprint density at radius 2 is 1.64 bits per heavy atom. The van der Waals surface area contributed by atoms with Crippen molar-refractivity contribution in [2.24, 2.45) is 0 Å². The summed E-state index contributed by atoms with van der Waals surface area (Å²) in [6.07, 6.45) is 0. The molecule has 1 heteroatoms. The summed E-state index contributed by atoms with van der Waals surface area (Å²) in [7, 11) is 0. The number of benzene rings is 1. The van der Waals surface area contributed by atoms with Crippen LogP contribution in [0, 0.1) is 20.8 Å². The average Bonchev–Trinajstić information content (AvgIpc) is 1.99. The van der Waals surface area contributed by atoms with E-state index in [4.69, 9.17) is 0 Å². The minimum Gasteiger partial charge on any atom is -0.232 e. The fraction of sp³-hybridized carbons (Fsp3) is 0.400. The average molecular weight is 149 g/mol. The molecule has 0 aliphatic carbocycles. The first-order valence-electron chi connectivity index (χ1n) is 3.80. The molecule has 0 amide bonds. The molecule has 1 nitrogen and oxygen atoms in total. The molecule has 0 heterocycles. The molecular formula is C10H13O. The second-order valence-corrected chi connectivity index (χ2v) is 2.95. The van der Waals surface area contributed by atoms with Crippen molar-refractivity contribution in [3.05, 3.63) is 34.4 Å². The van der Waals surface area contributed by atoms with Crippen molar-refractivity contribution in [3.8, 4) is 0 Å². The van der Waals surface area contributed by atoms with Crippen LogP contribution in [-0.4, -0.2) is 0 Å². The molecule has 0 aliphatic heterocycles. The molecule has 0 aliphatic rings. The van der Waals surface area contributed by atoms with Crippen LogP contribution >= 0.6 is 0 Å². The summed E-state index contributed by atoms with van der Waals surface area (Å²) in [6.45, 7) is 5.93. The maximum Gasteiger partial charge on any atom is 0.108 e. The van der Waals surface area contributed by atoms with Gasteiger partial charge in [0.25, 0.3) is 0 Å². The molecular weight excluding hydrogens is 136 g/mol. The molecule has 0 saturated carbocycles. The van der Waals surface area contributed by atoms with Gasteiger partial charge in [-0.05, 0) is 43.0 Å². The van der Waals surface area contributed by atoms with Crippen LogP contribution in [0.2, 0.25) is 0 Å². The van der Waals surface area contributed by atoms with E-state index in [1.165, 1.54) is 5.56 Å². The van der Waals surface area contributed by atoms with E-state index in [0.717, 1.165) is 16.7 Å². The highest BCUT2D eigenvalue weighted by molar-refractivity contribution is 5.38. The zero-order valence-electron chi connectivity index (χ0n) is 7.27. The second-order valence-electron chi connectivity index (χ2n) is 2.95. The van der Waals surface area contributed by atoms with Crippen molar-refractivity contribution in [2.45, 2.75) is 27.4 Å². The van der Waals surface area contributed by atoms with E-state index < -0.39 is 0 Å². The van der Waals surface area contributed by atoms with Crippen LogP contribution in [0.1, 0.15) is 22.3 Å². The van der Waals surface area contributed by atoms with Gasteiger partial charge < -0.3 is 0 Å². The molecule has 1 aromatic rings. The molecule has 59 valence electrons. The predicted octanol–water partition coefficient (Wildman–Crippen LogP) is 2.54. The summed E-state index contributed by atoms with van der Waals surface area (Å²) in [5, 5.41) is 10.7. The molecule has 1 aromatic carbocycles. The van der Waals surface area contributed by atoms with Crippen LogP contribution in [0.25, 0.3) is 0 Å². The number of hydrogen-bond acceptors (Lipinski definition) is 0. The van der Waals surface area contributed by atoms with E-state index in [0.29, 0.717) is 0 Å². The van der Waals surface area contributed by atoms with Gasteiger partial charge in [0.05, 0.1) is 0 Å². The number of aryl methyl sites for hydroxylation is 2. The first-order valence-corrected chi connectivity index (χ1v) is 3.80. The van der Waals surface area contributed by atoms with Crippen LogP contribution in [0.15, 0.2) is 12.1 Å². The Hall–Kier alpha value is -0.820. The van der Waals surface area contributed by atoms with Gasteiger partial charge in [-0.3, -0.25) is 0 Å². The van der Waals surface area contributed by atoms with Crippen molar-refractivity contribution in [1.29, 1.82) is 0 Å². The standard InChI is InChI=1S/C10H13O/c1-7-4-5-8(2)10(6-11)9(7)3/h4-5H,6H2,1-3H3. The third-order valence-electron chi connectivity index (χ3n) is 2.25. The van der Waals surface area contributed by atoms with Crippen LogP contribution in [0.4, 0.5) is 0 Å². The van der Waals surface area contributed by atoms with Crippen molar-refractivity contribution >= 4 is 0 Å². The maximum absolute atomic E-state index is 10.7. The van der Waals surface area contributed by atoms with Crippen LogP contribution < -0.4 is 0 Å². The minimum atomic E-state index is -0.0979. The van der Waals surface area contributed by atoms with Crippen LogP contribution in [0.3, 0.4) is 0 Å². The quantitative estimate of drug-likeness (QED) is 0.584. The van der Waals surface area contributed by atoms with E-state index in [2.05, 4.69) is 6.07 Å². The van der Waals surface area contributed by atoms with Gasteiger partial charge >= 0.3 is 0 Å². The van der Waals surface area contributed by atoms with Gasteiger partial charge in [0, 0.05) is 0 Å². The summed E-state index contributed by atoms with van der Waals surface area (Å²) < 4.78 is 0. The molecule has 0 aromatic heterocycles. The highest BCUT2D eigenvalue weighted by Crippen LogP contribution is 2.16. The lowest BCUT2D eigenvalue weighted by atomic mass is 9.99. The summed E-state index contributed by atoms with van der Waals surface area (Å²) in [5.74, 6) is 0. The van der Waals surface area contributed by atoms with E-state index in [-0.39, 0.29) is 6.61 Å². The van der Waals surface area contributed by atoms with E-state index in [1.807, 2.05) is 26.8 Å². The zero-order valence-corrected chi connectivity index (χ0v) is 7.27. The van der Waals surface area contributed by atoms with Crippen molar-refractivity contribution in [2.75, 3.05) is 0 Å². The van der Waals surface area contributed by atoms with Crippen LogP contribution in [-0.2, 0) is 11.7 Å². The number of hydrogen-bond donors (Lipinski definition) is 0.